The number of fused-ring (bicyclic) bond motifs is 1. The fourth-order valence-electron chi connectivity index (χ4n) is 3.28. The molecule has 1 aromatic rings. The SMILES string of the molecule is CC1CC(NCC(=O)N2CCc3sccc3C2)CCN1C. The smallest absolute Gasteiger partial charge is 0.236 e. The van der Waals surface area contributed by atoms with Crippen LogP contribution in [-0.2, 0) is 17.8 Å². The van der Waals surface area contributed by atoms with Crippen LogP contribution >= 0.6 is 11.3 Å². The predicted molar refractivity (Wildman–Crippen MR) is 86.6 cm³/mol. The van der Waals surface area contributed by atoms with Gasteiger partial charge < -0.3 is 15.1 Å². The van der Waals surface area contributed by atoms with Gasteiger partial charge >= 0.3 is 0 Å². The van der Waals surface area contributed by atoms with Crippen molar-refractivity contribution < 1.29 is 4.79 Å². The van der Waals surface area contributed by atoms with Crippen LogP contribution < -0.4 is 5.32 Å². The zero-order valence-corrected chi connectivity index (χ0v) is 13.8. The lowest BCUT2D eigenvalue weighted by molar-refractivity contribution is -0.131. The standard InChI is InChI=1S/C16H25N3OS/c1-12-9-14(3-6-18(12)2)17-10-16(20)19-7-4-15-13(11-19)5-8-21-15/h5,8,12,14,17H,3-4,6-7,9-11H2,1-2H3. The van der Waals surface area contributed by atoms with Crippen LogP contribution in [0, 0.1) is 0 Å². The molecule has 1 saturated heterocycles. The number of thiophene rings is 1. The van der Waals surface area contributed by atoms with Gasteiger partial charge in [0, 0.05) is 30.1 Å². The van der Waals surface area contributed by atoms with Gasteiger partial charge in [0.25, 0.3) is 0 Å². The van der Waals surface area contributed by atoms with Crippen LogP contribution in [0.3, 0.4) is 0 Å². The molecule has 2 unspecified atom stereocenters. The number of rotatable bonds is 3. The zero-order valence-electron chi connectivity index (χ0n) is 13.0. The second kappa shape index (κ2) is 6.46. The summed E-state index contributed by atoms with van der Waals surface area (Å²) in [5.74, 6) is 0.249. The van der Waals surface area contributed by atoms with Gasteiger partial charge in [-0.25, -0.2) is 0 Å². The van der Waals surface area contributed by atoms with Crippen molar-refractivity contribution in [3.63, 3.8) is 0 Å². The summed E-state index contributed by atoms with van der Waals surface area (Å²) >= 11 is 1.82. The molecule has 0 radical (unpaired) electrons. The van der Waals surface area contributed by atoms with Crippen molar-refractivity contribution >= 4 is 17.2 Å². The van der Waals surface area contributed by atoms with E-state index in [1.165, 1.54) is 10.4 Å². The molecule has 3 rings (SSSR count). The maximum absolute atomic E-state index is 12.4. The Morgan fingerprint density at radius 2 is 2.33 bits per heavy atom. The van der Waals surface area contributed by atoms with Crippen LogP contribution in [0.4, 0.5) is 0 Å². The van der Waals surface area contributed by atoms with Gasteiger partial charge in [-0.3, -0.25) is 4.79 Å². The molecule has 2 aliphatic heterocycles. The van der Waals surface area contributed by atoms with Crippen LogP contribution in [-0.4, -0.2) is 54.5 Å². The van der Waals surface area contributed by atoms with Crippen molar-refractivity contribution in [3.05, 3.63) is 21.9 Å². The van der Waals surface area contributed by atoms with E-state index in [4.69, 9.17) is 0 Å². The first-order valence-electron chi connectivity index (χ1n) is 7.90. The molecule has 1 aromatic heterocycles. The molecule has 21 heavy (non-hydrogen) atoms. The molecular formula is C16H25N3OS. The molecule has 1 amide bonds. The van der Waals surface area contributed by atoms with Crippen LogP contribution in [0.2, 0.25) is 0 Å². The number of nitrogens with one attached hydrogen (secondary N) is 1. The van der Waals surface area contributed by atoms with Crippen molar-refractivity contribution in [2.45, 2.75) is 44.8 Å². The van der Waals surface area contributed by atoms with E-state index in [0.29, 0.717) is 18.6 Å². The maximum atomic E-state index is 12.4. The highest BCUT2D eigenvalue weighted by Gasteiger charge is 2.25. The lowest BCUT2D eigenvalue weighted by Crippen LogP contribution is -2.49. The Kier molecular flexibility index (Phi) is 4.62. The van der Waals surface area contributed by atoms with Crippen molar-refractivity contribution in [1.82, 2.24) is 15.1 Å². The van der Waals surface area contributed by atoms with E-state index in [9.17, 15) is 4.79 Å². The topological polar surface area (TPSA) is 35.6 Å². The molecule has 5 heteroatoms. The van der Waals surface area contributed by atoms with E-state index in [1.54, 1.807) is 0 Å². The van der Waals surface area contributed by atoms with Gasteiger partial charge in [-0.1, -0.05) is 0 Å². The summed E-state index contributed by atoms with van der Waals surface area (Å²) < 4.78 is 0. The van der Waals surface area contributed by atoms with E-state index in [2.05, 4.69) is 35.6 Å². The first kappa shape index (κ1) is 15.0. The Hall–Kier alpha value is -0.910. The Morgan fingerprint density at radius 1 is 1.48 bits per heavy atom. The van der Waals surface area contributed by atoms with Crippen molar-refractivity contribution in [2.24, 2.45) is 0 Å². The van der Waals surface area contributed by atoms with E-state index in [1.807, 2.05) is 16.2 Å². The third-order valence-corrected chi connectivity index (χ3v) is 5.93. The Labute approximate surface area is 131 Å². The molecule has 0 saturated carbocycles. The normalized spacial score (nSPS) is 26.7. The summed E-state index contributed by atoms with van der Waals surface area (Å²) in [6, 6.07) is 3.25. The van der Waals surface area contributed by atoms with Gasteiger partial charge in [-0.15, -0.1) is 11.3 Å². The molecule has 1 fully saturated rings. The van der Waals surface area contributed by atoms with Crippen LogP contribution in [0.1, 0.15) is 30.2 Å². The Morgan fingerprint density at radius 3 is 3.14 bits per heavy atom. The number of carbonyl (C=O) groups excluding carboxylic acids is 1. The summed E-state index contributed by atoms with van der Waals surface area (Å²) in [5.41, 5.74) is 1.34. The van der Waals surface area contributed by atoms with Gasteiger partial charge in [0.2, 0.25) is 5.91 Å². The minimum Gasteiger partial charge on any atom is -0.337 e. The van der Waals surface area contributed by atoms with Crippen LogP contribution in [0.5, 0.6) is 0 Å². The number of hydrogen-bond acceptors (Lipinski definition) is 4. The van der Waals surface area contributed by atoms with Crippen LogP contribution in [0.25, 0.3) is 0 Å². The summed E-state index contributed by atoms with van der Waals surface area (Å²) in [6.07, 6.45) is 3.30. The maximum Gasteiger partial charge on any atom is 0.236 e. The fourth-order valence-corrected chi connectivity index (χ4v) is 4.17. The molecule has 116 valence electrons. The van der Waals surface area contributed by atoms with Gasteiger partial charge in [0.1, 0.15) is 0 Å². The second-order valence-corrected chi connectivity index (χ2v) is 7.37. The predicted octanol–water partition coefficient (Wildman–Crippen LogP) is 1.71. The molecule has 2 aliphatic rings. The largest absolute Gasteiger partial charge is 0.337 e. The lowest BCUT2D eigenvalue weighted by Gasteiger charge is -2.36. The number of piperidine rings is 1. The zero-order chi connectivity index (χ0) is 14.8. The summed E-state index contributed by atoms with van der Waals surface area (Å²) in [4.78, 5) is 18.2. The molecule has 0 spiro atoms. The Balaban J connectivity index is 1.47. The molecule has 3 heterocycles. The Bertz CT molecular complexity index is 501. The van der Waals surface area contributed by atoms with Gasteiger partial charge in [0.15, 0.2) is 0 Å². The summed E-state index contributed by atoms with van der Waals surface area (Å²) in [5, 5.41) is 5.61. The molecule has 2 atom stereocenters. The quantitative estimate of drug-likeness (QED) is 0.923. The number of amides is 1. The third-order valence-electron chi connectivity index (χ3n) is 4.91. The number of carbonyl (C=O) groups is 1. The lowest BCUT2D eigenvalue weighted by atomic mass is 9.99. The van der Waals surface area contributed by atoms with E-state index in [-0.39, 0.29) is 5.91 Å². The molecule has 0 aromatic carbocycles. The molecule has 0 bridgehead atoms. The first-order chi connectivity index (χ1) is 10.1. The van der Waals surface area contributed by atoms with Crippen molar-refractivity contribution in [3.8, 4) is 0 Å². The van der Waals surface area contributed by atoms with E-state index >= 15 is 0 Å². The van der Waals surface area contributed by atoms with Gasteiger partial charge in [0.05, 0.1) is 6.54 Å². The molecular weight excluding hydrogens is 282 g/mol. The van der Waals surface area contributed by atoms with Gasteiger partial charge in [-0.2, -0.15) is 0 Å². The summed E-state index contributed by atoms with van der Waals surface area (Å²) in [7, 11) is 2.18. The average molecular weight is 307 g/mol. The molecule has 1 N–H and O–H groups in total. The van der Waals surface area contributed by atoms with E-state index < -0.39 is 0 Å². The highest BCUT2D eigenvalue weighted by atomic mass is 32.1. The molecule has 4 nitrogen and oxygen atoms in total. The van der Waals surface area contributed by atoms with Crippen molar-refractivity contribution in [1.29, 1.82) is 0 Å². The highest BCUT2D eigenvalue weighted by Crippen LogP contribution is 2.24. The number of likely N-dealkylation sites (tertiary alicyclic amines) is 1. The van der Waals surface area contributed by atoms with Crippen LogP contribution in [0.15, 0.2) is 11.4 Å². The third kappa shape index (κ3) is 3.47. The highest BCUT2D eigenvalue weighted by molar-refractivity contribution is 7.10. The second-order valence-electron chi connectivity index (χ2n) is 6.37. The first-order valence-corrected chi connectivity index (χ1v) is 8.78. The van der Waals surface area contributed by atoms with Gasteiger partial charge in [-0.05, 0) is 56.8 Å². The molecule has 0 aliphatic carbocycles. The fraction of sp³-hybridized carbons (Fsp3) is 0.688. The number of nitrogens with zero attached hydrogens (tertiary/aromatic N) is 2. The monoisotopic (exact) mass is 307 g/mol. The summed E-state index contributed by atoms with van der Waals surface area (Å²) in [6.45, 7) is 5.54. The minimum atomic E-state index is 0.249. The number of hydrogen-bond donors (Lipinski definition) is 1. The van der Waals surface area contributed by atoms with E-state index in [0.717, 1.165) is 38.9 Å². The van der Waals surface area contributed by atoms with Crippen molar-refractivity contribution in [2.75, 3.05) is 26.7 Å². The average Bonchev–Trinajstić information content (AvgIpc) is 2.95. The minimum absolute atomic E-state index is 0.249.